The van der Waals surface area contributed by atoms with Crippen LogP contribution >= 0.6 is 38.9 Å². The minimum atomic E-state index is -0.215. The zero-order chi connectivity index (χ0) is 13.8. The molecule has 2 rings (SSSR count). The Hall–Kier alpha value is -0.420. The number of nitrogens with one attached hydrogen (secondary N) is 1. The van der Waals surface area contributed by atoms with Crippen LogP contribution < -0.4 is 5.32 Å². The smallest absolute Gasteiger partial charge is 0.129 e. The molecule has 0 aliphatic carbocycles. The van der Waals surface area contributed by atoms with Crippen LogP contribution in [0.1, 0.15) is 29.8 Å². The van der Waals surface area contributed by atoms with E-state index in [1.165, 1.54) is 17.4 Å². The van der Waals surface area contributed by atoms with Gasteiger partial charge in [-0.2, -0.15) is 0 Å². The van der Waals surface area contributed by atoms with Crippen LogP contribution in [-0.4, -0.2) is 6.54 Å². The first-order chi connectivity index (χ1) is 9.13. The lowest BCUT2D eigenvalue weighted by atomic mass is 10.0. The fraction of sp³-hybridized carbons (Fsp3) is 0.286. The zero-order valence-corrected chi connectivity index (χ0v) is 13.6. The maximum atomic E-state index is 14.1. The van der Waals surface area contributed by atoms with Crippen LogP contribution in [0, 0.1) is 5.82 Å². The van der Waals surface area contributed by atoms with Crippen LogP contribution in [0.15, 0.2) is 34.8 Å². The van der Waals surface area contributed by atoms with E-state index in [1.807, 2.05) is 18.2 Å². The highest BCUT2D eigenvalue weighted by Gasteiger charge is 2.21. The van der Waals surface area contributed by atoms with E-state index >= 15 is 0 Å². The molecule has 0 fully saturated rings. The van der Waals surface area contributed by atoms with Crippen molar-refractivity contribution in [3.05, 3.63) is 55.4 Å². The molecule has 1 unspecified atom stereocenters. The summed E-state index contributed by atoms with van der Waals surface area (Å²) in [5.74, 6) is -0.215. The molecule has 0 aliphatic rings. The molecule has 0 bridgehead atoms. The Morgan fingerprint density at radius 3 is 2.74 bits per heavy atom. The molecule has 0 saturated carbocycles. The number of hydrogen-bond acceptors (Lipinski definition) is 2. The van der Waals surface area contributed by atoms with E-state index in [2.05, 4.69) is 28.2 Å². The molecule has 0 spiro atoms. The van der Waals surface area contributed by atoms with Gasteiger partial charge in [0.2, 0.25) is 0 Å². The standard InChI is InChI=1S/C14H14BrClFNS/c1-2-8-18-14(11-6-7-12(16)19-11)13-9(15)4-3-5-10(13)17/h3-7,14,18H,2,8H2,1H3. The van der Waals surface area contributed by atoms with Crippen molar-refractivity contribution < 1.29 is 4.39 Å². The maximum absolute atomic E-state index is 14.1. The predicted octanol–water partition coefficient (Wildman–Crippen LogP) is 5.39. The Kier molecular flexibility index (Phi) is 5.39. The third-order valence-electron chi connectivity index (χ3n) is 2.77. The van der Waals surface area contributed by atoms with Crippen LogP contribution in [0.25, 0.3) is 0 Å². The van der Waals surface area contributed by atoms with Gasteiger partial charge in [0.05, 0.1) is 10.4 Å². The summed E-state index contributed by atoms with van der Waals surface area (Å²) in [6, 6.07) is 8.65. The van der Waals surface area contributed by atoms with Crippen LogP contribution in [-0.2, 0) is 0 Å². The van der Waals surface area contributed by atoms with Crippen LogP contribution in [0.5, 0.6) is 0 Å². The number of benzene rings is 1. The van der Waals surface area contributed by atoms with Crippen molar-refractivity contribution in [3.8, 4) is 0 Å². The largest absolute Gasteiger partial charge is 0.305 e. The Labute approximate surface area is 129 Å². The van der Waals surface area contributed by atoms with Crippen LogP contribution in [0.3, 0.4) is 0 Å². The Balaban J connectivity index is 2.42. The number of rotatable bonds is 5. The molecule has 1 N–H and O–H groups in total. The van der Waals surface area contributed by atoms with Gasteiger partial charge in [0.15, 0.2) is 0 Å². The molecule has 19 heavy (non-hydrogen) atoms. The van der Waals surface area contributed by atoms with Crippen molar-refractivity contribution in [2.75, 3.05) is 6.54 Å². The van der Waals surface area contributed by atoms with E-state index in [9.17, 15) is 4.39 Å². The van der Waals surface area contributed by atoms with Gasteiger partial charge in [-0.05, 0) is 37.2 Å². The molecule has 1 aromatic carbocycles. The molecule has 1 nitrogen and oxygen atoms in total. The van der Waals surface area contributed by atoms with Crippen molar-refractivity contribution in [2.24, 2.45) is 0 Å². The average Bonchev–Trinajstić information content (AvgIpc) is 2.79. The number of thiophene rings is 1. The van der Waals surface area contributed by atoms with Crippen molar-refractivity contribution in [2.45, 2.75) is 19.4 Å². The molecular formula is C14H14BrClFNS. The molecule has 102 valence electrons. The molecule has 5 heteroatoms. The summed E-state index contributed by atoms with van der Waals surface area (Å²) < 4.78 is 15.6. The van der Waals surface area contributed by atoms with Crippen molar-refractivity contribution in [1.82, 2.24) is 5.32 Å². The van der Waals surface area contributed by atoms with E-state index in [1.54, 1.807) is 6.07 Å². The summed E-state index contributed by atoms with van der Waals surface area (Å²) in [6.45, 7) is 2.91. The van der Waals surface area contributed by atoms with E-state index in [0.717, 1.165) is 22.3 Å². The highest BCUT2D eigenvalue weighted by Crippen LogP contribution is 2.35. The van der Waals surface area contributed by atoms with Gasteiger partial charge in [-0.3, -0.25) is 0 Å². The second-order valence-electron chi connectivity index (χ2n) is 4.16. The fourth-order valence-corrected chi connectivity index (χ4v) is 3.62. The van der Waals surface area contributed by atoms with Gasteiger partial charge >= 0.3 is 0 Å². The second kappa shape index (κ2) is 6.84. The van der Waals surface area contributed by atoms with E-state index in [0.29, 0.717) is 9.90 Å². The van der Waals surface area contributed by atoms with Gasteiger partial charge in [0.25, 0.3) is 0 Å². The van der Waals surface area contributed by atoms with Crippen LogP contribution in [0.4, 0.5) is 4.39 Å². The predicted molar refractivity (Wildman–Crippen MR) is 83.6 cm³/mol. The van der Waals surface area contributed by atoms with Gasteiger partial charge < -0.3 is 5.32 Å². The molecule has 1 aromatic heterocycles. The summed E-state index contributed by atoms with van der Waals surface area (Å²) in [4.78, 5) is 1.02. The molecule has 1 atom stereocenters. The lowest BCUT2D eigenvalue weighted by molar-refractivity contribution is 0.549. The summed E-state index contributed by atoms with van der Waals surface area (Å²) >= 11 is 10.9. The Morgan fingerprint density at radius 2 is 2.16 bits per heavy atom. The minimum absolute atomic E-state index is 0.173. The van der Waals surface area contributed by atoms with Crippen molar-refractivity contribution in [3.63, 3.8) is 0 Å². The summed E-state index contributed by atoms with van der Waals surface area (Å²) in [5, 5.41) is 3.38. The van der Waals surface area contributed by atoms with Gasteiger partial charge in [-0.1, -0.05) is 40.5 Å². The normalized spacial score (nSPS) is 12.6. The molecule has 0 saturated heterocycles. The molecule has 2 aromatic rings. The SMILES string of the molecule is CCCNC(c1ccc(Cl)s1)c1c(F)cccc1Br. The molecule has 0 aliphatic heterocycles. The quantitative estimate of drug-likeness (QED) is 0.751. The maximum Gasteiger partial charge on any atom is 0.129 e. The number of halogens is 3. The molecule has 0 amide bonds. The van der Waals surface area contributed by atoms with Gasteiger partial charge in [0, 0.05) is 14.9 Å². The highest BCUT2D eigenvalue weighted by molar-refractivity contribution is 9.10. The van der Waals surface area contributed by atoms with Gasteiger partial charge in [-0.25, -0.2) is 4.39 Å². The number of hydrogen-bond donors (Lipinski definition) is 1. The van der Waals surface area contributed by atoms with E-state index in [-0.39, 0.29) is 11.9 Å². The van der Waals surface area contributed by atoms with E-state index < -0.39 is 0 Å². The molecule has 1 heterocycles. The summed E-state index contributed by atoms with van der Waals surface area (Å²) in [7, 11) is 0. The van der Waals surface area contributed by atoms with Gasteiger partial charge in [-0.15, -0.1) is 11.3 Å². The Bertz CT molecular complexity index is 538. The molecular weight excluding hydrogens is 349 g/mol. The first-order valence-electron chi connectivity index (χ1n) is 6.06. The molecule has 0 radical (unpaired) electrons. The lowest BCUT2D eigenvalue weighted by Crippen LogP contribution is -2.23. The third-order valence-corrected chi connectivity index (χ3v) is 4.75. The first-order valence-corrected chi connectivity index (χ1v) is 8.04. The Morgan fingerprint density at radius 1 is 1.37 bits per heavy atom. The second-order valence-corrected chi connectivity index (χ2v) is 6.77. The average molecular weight is 363 g/mol. The van der Waals surface area contributed by atoms with Gasteiger partial charge in [0.1, 0.15) is 5.82 Å². The first kappa shape index (κ1) is 15.0. The zero-order valence-electron chi connectivity index (χ0n) is 10.4. The lowest BCUT2D eigenvalue weighted by Gasteiger charge is -2.19. The van der Waals surface area contributed by atoms with Crippen molar-refractivity contribution in [1.29, 1.82) is 0 Å². The van der Waals surface area contributed by atoms with E-state index in [4.69, 9.17) is 11.6 Å². The summed E-state index contributed by atoms with van der Waals surface area (Å²) in [6.07, 6.45) is 0.988. The minimum Gasteiger partial charge on any atom is -0.305 e. The fourth-order valence-electron chi connectivity index (χ4n) is 1.90. The topological polar surface area (TPSA) is 12.0 Å². The highest BCUT2D eigenvalue weighted by atomic mass is 79.9. The summed E-state index contributed by atoms with van der Waals surface area (Å²) in [5.41, 5.74) is 0.634. The third kappa shape index (κ3) is 3.57. The van der Waals surface area contributed by atoms with Crippen molar-refractivity contribution >= 4 is 38.9 Å². The monoisotopic (exact) mass is 361 g/mol. The van der Waals surface area contributed by atoms with Crippen LogP contribution in [0.2, 0.25) is 4.34 Å².